The molecule has 1 unspecified atom stereocenters. The Hall–Kier alpha value is -3.97. The van der Waals surface area contributed by atoms with Crippen molar-refractivity contribution in [2.45, 2.75) is 12.5 Å². The molecule has 162 valence electrons. The predicted molar refractivity (Wildman–Crippen MR) is 123 cm³/mol. The topological polar surface area (TPSA) is 91.2 Å². The van der Waals surface area contributed by atoms with Gasteiger partial charge in [-0.1, -0.05) is 42.5 Å². The maximum absolute atomic E-state index is 13.0. The summed E-state index contributed by atoms with van der Waals surface area (Å²) in [6, 6.07) is 22.1. The minimum Gasteiger partial charge on any atom is -0.449 e. The van der Waals surface area contributed by atoms with E-state index >= 15 is 0 Å². The van der Waals surface area contributed by atoms with Gasteiger partial charge in [0.05, 0.1) is 11.4 Å². The highest BCUT2D eigenvalue weighted by Crippen LogP contribution is 2.38. The Bertz CT molecular complexity index is 1190. The van der Waals surface area contributed by atoms with Crippen molar-refractivity contribution >= 4 is 29.1 Å². The molecule has 0 spiro atoms. The van der Waals surface area contributed by atoms with Crippen LogP contribution in [0.3, 0.4) is 0 Å². The van der Waals surface area contributed by atoms with E-state index in [-0.39, 0.29) is 11.7 Å². The lowest BCUT2D eigenvalue weighted by molar-refractivity contribution is -0.115. The standard InChI is InChI=1S/C25H23N3O4/c1-28(2)15-16-7-6-10-18(13-16)26-23(17-8-4-3-5-9-17)22-20-14-19(32-25(30)31)11-12-21(20)27-24(22)29/h3-14,22H,15H2,1-2H3,(H,27,29)(H,30,31). The fourth-order valence-electron chi connectivity index (χ4n) is 3.81. The van der Waals surface area contributed by atoms with Crippen molar-refractivity contribution in [3.8, 4) is 5.75 Å². The summed E-state index contributed by atoms with van der Waals surface area (Å²) in [4.78, 5) is 31.0. The average molecular weight is 429 g/mol. The smallest absolute Gasteiger partial charge is 0.449 e. The summed E-state index contributed by atoms with van der Waals surface area (Å²) in [6.45, 7) is 0.771. The summed E-state index contributed by atoms with van der Waals surface area (Å²) in [5.41, 5.74) is 4.47. The number of carbonyl (C=O) groups excluding carboxylic acids is 1. The van der Waals surface area contributed by atoms with Crippen molar-refractivity contribution in [1.29, 1.82) is 0 Å². The Morgan fingerprint density at radius 2 is 1.84 bits per heavy atom. The third kappa shape index (κ3) is 4.68. The summed E-state index contributed by atoms with van der Waals surface area (Å²) in [7, 11) is 4.00. The van der Waals surface area contributed by atoms with Gasteiger partial charge in [-0.05, 0) is 61.1 Å². The van der Waals surface area contributed by atoms with Crippen molar-refractivity contribution in [2.24, 2.45) is 4.99 Å². The molecule has 1 amide bonds. The molecule has 1 aliphatic heterocycles. The highest BCUT2D eigenvalue weighted by atomic mass is 16.7. The zero-order chi connectivity index (χ0) is 22.7. The first kappa shape index (κ1) is 21.3. The van der Waals surface area contributed by atoms with Crippen LogP contribution in [0.5, 0.6) is 5.75 Å². The van der Waals surface area contributed by atoms with Crippen molar-refractivity contribution in [2.75, 3.05) is 19.4 Å². The van der Waals surface area contributed by atoms with Crippen LogP contribution in [0.15, 0.2) is 77.8 Å². The first-order valence-corrected chi connectivity index (χ1v) is 10.1. The van der Waals surface area contributed by atoms with E-state index in [0.717, 1.165) is 23.4 Å². The normalized spacial score (nSPS) is 15.4. The maximum atomic E-state index is 13.0. The summed E-state index contributed by atoms with van der Waals surface area (Å²) in [6.07, 6.45) is -1.41. The number of benzene rings is 3. The molecule has 0 radical (unpaired) electrons. The molecule has 4 rings (SSSR count). The number of nitrogens with one attached hydrogen (secondary N) is 1. The third-order valence-corrected chi connectivity index (χ3v) is 5.06. The van der Waals surface area contributed by atoms with E-state index in [4.69, 9.17) is 14.8 Å². The number of aliphatic imine (C=N–C) groups is 1. The Balaban J connectivity index is 1.82. The van der Waals surface area contributed by atoms with Crippen molar-refractivity contribution < 1.29 is 19.4 Å². The van der Waals surface area contributed by atoms with Gasteiger partial charge in [0.25, 0.3) is 0 Å². The summed E-state index contributed by atoms with van der Waals surface area (Å²) in [5, 5.41) is 11.8. The third-order valence-electron chi connectivity index (χ3n) is 5.06. The average Bonchev–Trinajstić information content (AvgIpc) is 3.07. The number of hydrogen-bond donors (Lipinski definition) is 2. The van der Waals surface area contributed by atoms with E-state index in [9.17, 15) is 9.59 Å². The minimum absolute atomic E-state index is 0.151. The lowest BCUT2D eigenvalue weighted by Gasteiger charge is -2.15. The van der Waals surface area contributed by atoms with E-state index in [1.807, 2.05) is 68.7 Å². The number of fused-ring (bicyclic) bond motifs is 1. The van der Waals surface area contributed by atoms with E-state index in [1.165, 1.54) is 6.07 Å². The number of anilines is 1. The second-order valence-electron chi connectivity index (χ2n) is 7.81. The van der Waals surface area contributed by atoms with Crippen molar-refractivity contribution in [3.05, 3.63) is 89.5 Å². The van der Waals surface area contributed by atoms with E-state index in [0.29, 0.717) is 17.0 Å². The molecule has 7 nitrogen and oxygen atoms in total. The number of ether oxygens (including phenoxy) is 1. The number of nitrogens with zero attached hydrogens (tertiary/aromatic N) is 2. The van der Waals surface area contributed by atoms with Crippen LogP contribution in [0.4, 0.5) is 16.2 Å². The van der Waals surface area contributed by atoms with Crippen LogP contribution < -0.4 is 10.1 Å². The molecule has 0 saturated carbocycles. The first-order chi connectivity index (χ1) is 15.4. The monoisotopic (exact) mass is 429 g/mol. The minimum atomic E-state index is -1.41. The van der Waals surface area contributed by atoms with Gasteiger partial charge < -0.3 is 20.1 Å². The molecule has 1 aliphatic rings. The fraction of sp³-hybridized carbons (Fsp3) is 0.160. The van der Waals surface area contributed by atoms with Gasteiger partial charge in [-0.2, -0.15) is 0 Å². The molecule has 2 N–H and O–H groups in total. The van der Waals surface area contributed by atoms with Crippen LogP contribution in [0.2, 0.25) is 0 Å². The van der Waals surface area contributed by atoms with Gasteiger partial charge in [-0.25, -0.2) is 4.79 Å². The van der Waals surface area contributed by atoms with Gasteiger partial charge in [0.1, 0.15) is 11.7 Å². The molecular formula is C25H23N3O4. The molecule has 0 fully saturated rings. The zero-order valence-electron chi connectivity index (χ0n) is 17.8. The van der Waals surface area contributed by atoms with E-state index in [1.54, 1.807) is 12.1 Å². The van der Waals surface area contributed by atoms with Crippen LogP contribution in [-0.2, 0) is 11.3 Å². The van der Waals surface area contributed by atoms with Gasteiger partial charge in [0.15, 0.2) is 0 Å². The largest absolute Gasteiger partial charge is 0.511 e. The van der Waals surface area contributed by atoms with Gasteiger partial charge in [0, 0.05) is 12.2 Å². The molecule has 0 saturated heterocycles. The lowest BCUT2D eigenvalue weighted by Crippen LogP contribution is -2.22. The number of hydrogen-bond acceptors (Lipinski definition) is 5. The van der Waals surface area contributed by atoms with Crippen LogP contribution >= 0.6 is 0 Å². The molecule has 3 aromatic carbocycles. The highest BCUT2D eigenvalue weighted by Gasteiger charge is 2.36. The fourth-order valence-corrected chi connectivity index (χ4v) is 3.81. The summed E-state index contributed by atoms with van der Waals surface area (Å²) in [5.74, 6) is -0.778. The van der Waals surface area contributed by atoms with Crippen LogP contribution in [0.25, 0.3) is 0 Å². The SMILES string of the molecule is CN(C)Cc1cccc(N=C(c2ccccc2)C2C(=O)Nc3ccc(OC(=O)O)cc32)c1. The maximum Gasteiger partial charge on any atom is 0.511 e. The van der Waals surface area contributed by atoms with Crippen LogP contribution in [-0.4, -0.2) is 41.9 Å². The van der Waals surface area contributed by atoms with Gasteiger partial charge in [-0.15, -0.1) is 0 Å². The molecule has 3 aromatic rings. The molecular weight excluding hydrogens is 406 g/mol. The molecule has 1 heterocycles. The van der Waals surface area contributed by atoms with Crippen molar-refractivity contribution in [3.63, 3.8) is 0 Å². The Labute approximate surface area is 186 Å². The molecule has 0 aliphatic carbocycles. The van der Waals surface area contributed by atoms with Gasteiger partial charge in [0.2, 0.25) is 5.91 Å². The number of rotatable bonds is 6. The molecule has 7 heteroatoms. The van der Waals surface area contributed by atoms with Crippen molar-refractivity contribution in [1.82, 2.24) is 4.90 Å². The Kier molecular flexibility index (Phi) is 6.00. The second-order valence-corrected chi connectivity index (χ2v) is 7.81. The van der Waals surface area contributed by atoms with Crippen LogP contribution in [0.1, 0.15) is 22.6 Å². The van der Waals surface area contributed by atoms with Gasteiger partial charge >= 0.3 is 6.16 Å². The quantitative estimate of drug-likeness (QED) is 0.338. The second kappa shape index (κ2) is 9.03. The zero-order valence-corrected chi connectivity index (χ0v) is 17.8. The van der Waals surface area contributed by atoms with E-state index < -0.39 is 12.1 Å². The number of carboxylic acid groups (broad SMARTS) is 1. The summed E-state index contributed by atoms with van der Waals surface area (Å²) < 4.78 is 4.81. The van der Waals surface area contributed by atoms with Crippen LogP contribution in [0, 0.1) is 0 Å². The molecule has 0 bridgehead atoms. The first-order valence-electron chi connectivity index (χ1n) is 10.1. The Morgan fingerprint density at radius 1 is 1.06 bits per heavy atom. The highest BCUT2D eigenvalue weighted by molar-refractivity contribution is 6.24. The van der Waals surface area contributed by atoms with Gasteiger partial charge in [-0.3, -0.25) is 9.79 Å². The lowest BCUT2D eigenvalue weighted by atomic mass is 9.90. The number of carbonyl (C=O) groups is 2. The van der Waals surface area contributed by atoms with E-state index in [2.05, 4.69) is 10.2 Å². The molecule has 1 atom stereocenters. The molecule has 0 aromatic heterocycles. The molecule has 32 heavy (non-hydrogen) atoms. The Morgan fingerprint density at radius 3 is 2.56 bits per heavy atom. The summed E-state index contributed by atoms with van der Waals surface area (Å²) >= 11 is 0. The number of amides is 1. The predicted octanol–water partition coefficient (Wildman–Crippen LogP) is 4.66.